The highest BCUT2D eigenvalue weighted by atomic mass is 19.1. The van der Waals surface area contributed by atoms with Gasteiger partial charge in [-0.25, -0.2) is 9.37 Å². The maximum Gasteiger partial charge on any atom is 0.303 e. The Morgan fingerprint density at radius 1 is 1.26 bits per heavy atom. The predicted octanol–water partition coefficient (Wildman–Crippen LogP) is 4.81. The molecule has 2 aromatic heterocycles. The molecule has 0 amide bonds. The zero-order valence-electron chi connectivity index (χ0n) is 19.4. The van der Waals surface area contributed by atoms with E-state index < -0.39 is 5.97 Å². The summed E-state index contributed by atoms with van der Waals surface area (Å²) in [6.45, 7) is 2.57. The highest BCUT2D eigenvalue weighted by Gasteiger charge is 2.24. The summed E-state index contributed by atoms with van der Waals surface area (Å²) in [5.74, 6) is -1.69. The number of hydrogen-bond acceptors (Lipinski definition) is 5. The number of halogens is 1. The molecule has 3 aromatic rings. The largest absolute Gasteiger partial charge is 0.481 e. The van der Waals surface area contributed by atoms with Crippen molar-refractivity contribution >= 4 is 22.8 Å². The minimum absolute atomic E-state index is 0.0871. The number of unbranched alkanes of at least 4 members (excludes halogenated alkanes) is 1. The summed E-state index contributed by atoms with van der Waals surface area (Å²) in [5, 5.41) is 19.0. The number of benzene rings is 1. The van der Waals surface area contributed by atoms with E-state index in [9.17, 15) is 19.2 Å². The van der Waals surface area contributed by atoms with Crippen LogP contribution in [-0.2, 0) is 29.6 Å². The van der Waals surface area contributed by atoms with Crippen LogP contribution in [0.4, 0.5) is 4.39 Å². The highest BCUT2D eigenvalue weighted by molar-refractivity contribution is 6.09. The Labute approximate surface area is 197 Å². The van der Waals surface area contributed by atoms with E-state index in [1.807, 2.05) is 17.7 Å². The highest BCUT2D eigenvalue weighted by Crippen LogP contribution is 2.29. The average molecular weight is 466 g/mol. The van der Waals surface area contributed by atoms with Crippen molar-refractivity contribution in [3.05, 3.63) is 64.7 Å². The van der Waals surface area contributed by atoms with Crippen LogP contribution in [0.3, 0.4) is 0 Å². The maximum absolute atomic E-state index is 13.3. The number of aryl methyl sites for hydroxylation is 1. The quantitative estimate of drug-likeness (QED) is 0.304. The summed E-state index contributed by atoms with van der Waals surface area (Å²) in [6, 6.07) is 10.0. The zero-order valence-corrected chi connectivity index (χ0v) is 19.4. The van der Waals surface area contributed by atoms with Crippen LogP contribution in [0.15, 0.2) is 36.5 Å². The molecule has 0 radical (unpaired) electrons. The molecule has 2 heterocycles. The SMILES string of the molecule is C[C@@H](CC(=O)O)CC(=O)c1c(CCCCOCc2cccc(F)c2)n(C)c2ncc(C#N)cc12. The van der Waals surface area contributed by atoms with Crippen LogP contribution in [0.2, 0.25) is 0 Å². The first-order valence-corrected chi connectivity index (χ1v) is 11.2. The molecular weight excluding hydrogens is 437 g/mol. The van der Waals surface area contributed by atoms with E-state index in [1.165, 1.54) is 18.3 Å². The molecule has 0 saturated carbocycles. The molecule has 0 spiro atoms. The Bertz CT molecular complexity index is 1230. The van der Waals surface area contributed by atoms with Crippen LogP contribution in [-0.4, -0.2) is 33.0 Å². The summed E-state index contributed by atoms with van der Waals surface area (Å²) in [5.41, 5.74) is 3.08. The first-order valence-electron chi connectivity index (χ1n) is 11.2. The van der Waals surface area contributed by atoms with Gasteiger partial charge in [-0.1, -0.05) is 19.1 Å². The minimum atomic E-state index is -0.940. The van der Waals surface area contributed by atoms with Gasteiger partial charge in [0.1, 0.15) is 17.5 Å². The van der Waals surface area contributed by atoms with E-state index in [1.54, 1.807) is 19.1 Å². The molecule has 0 fully saturated rings. The third kappa shape index (κ3) is 6.27. The summed E-state index contributed by atoms with van der Waals surface area (Å²) >= 11 is 0. The summed E-state index contributed by atoms with van der Waals surface area (Å²) < 4.78 is 20.8. The van der Waals surface area contributed by atoms with Gasteiger partial charge in [-0.15, -0.1) is 0 Å². The number of nitrogens with zero attached hydrogens (tertiary/aromatic N) is 3. The third-order valence-corrected chi connectivity index (χ3v) is 5.72. The molecule has 0 unspecified atom stereocenters. The van der Waals surface area contributed by atoms with Gasteiger partial charge in [0.05, 0.1) is 12.2 Å². The summed E-state index contributed by atoms with van der Waals surface area (Å²) in [7, 11) is 1.84. The van der Waals surface area contributed by atoms with Crippen molar-refractivity contribution in [2.45, 2.75) is 45.6 Å². The number of carboxylic acid groups (broad SMARTS) is 1. The van der Waals surface area contributed by atoms with Gasteiger partial charge in [-0.3, -0.25) is 9.59 Å². The van der Waals surface area contributed by atoms with Crippen molar-refractivity contribution in [1.82, 2.24) is 9.55 Å². The van der Waals surface area contributed by atoms with Crippen LogP contribution < -0.4 is 0 Å². The third-order valence-electron chi connectivity index (χ3n) is 5.72. The second kappa shape index (κ2) is 11.5. The van der Waals surface area contributed by atoms with Crippen molar-refractivity contribution in [3.8, 4) is 6.07 Å². The van der Waals surface area contributed by atoms with Gasteiger partial charge in [-0.05, 0) is 48.9 Å². The Kier molecular flexibility index (Phi) is 8.50. The van der Waals surface area contributed by atoms with E-state index >= 15 is 0 Å². The number of ether oxygens (including phenoxy) is 1. The molecule has 1 N–H and O–H groups in total. The molecular formula is C26H28FN3O4. The van der Waals surface area contributed by atoms with Gasteiger partial charge in [0.25, 0.3) is 0 Å². The fourth-order valence-corrected chi connectivity index (χ4v) is 4.13. The number of Topliss-reactive ketones (excluding diaryl/α,β-unsaturated/α-hetero) is 1. The number of hydrogen-bond donors (Lipinski definition) is 1. The number of carbonyl (C=O) groups is 2. The van der Waals surface area contributed by atoms with Crippen molar-refractivity contribution in [3.63, 3.8) is 0 Å². The van der Waals surface area contributed by atoms with E-state index in [0.29, 0.717) is 41.8 Å². The maximum atomic E-state index is 13.3. The number of carboxylic acids is 1. The van der Waals surface area contributed by atoms with Crippen LogP contribution in [0.5, 0.6) is 0 Å². The normalized spacial score (nSPS) is 11.9. The lowest BCUT2D eigenvalue weighted by Crippen LogP contribution is -2.12. The van der Waals surface area contributed by atoms with Crippen LogP contribution in [0, 0.1) is 23.1 Å². The van der Waals surface area contributed by atoms with Gasteiger partial charge < -0.3 is 14.4 Å². The van der Waals surface area contributed by atoms with Crippen molar-refractivity contribution in [2.24, 2.45) is 13.0 Å². The lowest BCUT2D eigenvalue weighted by molar-refractivity contribution is -0.137. The van der Waals surface area contributed by atoms with E-state index in [2.05, 4.69) is 11.1 Å². The summed E-state index contributed by atoms with van der Waals surface area (Å²) in [4.78, 5) is 28.6. The van der Waals surface area contributed by atoms with Gasteiger partial charge in [0, 0.05) is 49.3 Å². The number of aliphatic carboxylic acids is 1. The molecule has 8 heteroatoms. The lowest BCUT2D eigenvalue weighted by atomic mass is 9.94. The van der Waals surface area contributed by atoms with Gasteiger partial charge in [0.2, 0.25) is 0 Å². The van der Waals surface area contributed by atoms with E-state index in [4.69, 9.17) is 9.84 Å². The van der Waals surface area contributed by atoms with Crippen molar-refractivity contribution in [1.29, 1.82) is 5.26 Å². The van der Waals surface area contributed by atoms with Gasteiger partial charge in [-0.2, -0.15) is 5.26 Å². The molecule has 1 atom stereocenters. The molecule has 0 aliphatic rings. The first kappa shape index (κ1) is 25.1. The Morgan fingerprint density at radius 2 is 2.06 bits per heavy atom. The molecule has 178 valence electrons. The molecule has 0 saturated heterocycles. The molecule has 0 bridgehead atoms. The van der Waals surface area contributed by atoms with Crippen LogP contribution >= 0.6 is 0 Å². The predicted molar refractivity (Wildman–Crippen MR) is 125 cm³/mol. The van der Waals surface area contributed by atoms with Gasteiger partial charge >= 0.3 is 5.97 Å². The number of pyridine rings is 1. The standard InChI is InChI=1S/C26H28FN3O4/c1-17(11-24(32)33)10-23(31)25-21-13-19(14-28)15-29-26(21)30(2)22(25)8-3-4-9-34-16-18-6-5-7-20(27)12-18/h5-7,12-13,15,17H,3-4,8-11,16H2,1-2H3,(H,32,33)/t17-/m1/s1. The smallest absolute Gasteiger partial charge is 0.303 e. The number of nitriles is 1. The van der Waals surface area contributed by atoms with Crippen molar-refractivity contribution in [2.75, 3.05) is 6.61 Å². The molecule has 0 aliphatic carbocycles. The second-order valence-corrected chi connectivity index (χ2v) is 8.56. The Morgan fingerprint density at radius 3 is 2.76 bits per heavy atom. The first-order chi connectivity index (χ1) is 16.3. The fraction of sp³-hybridized carbons (Fsp3) is 0.385. The average Bonchev–Trinajstić information content (AvgIpc) is 3.06. The second-order valence-electron chi connectivity index (χ2n) is 8.56. The van der Waals surface area contributed by atoms with Crippen LogP contribution in [0.1, 0.15) is 59.8 Å². The van der Waals surface area contributed by atoms with Crippen LogP contribution in [0.25, 0.3) is 11.0 Å². The molecule has 1 aromatic carbocycles. The molecule has 7 nitrogen and oxygen atoms in total. The number of aromatic nitrogens is 2. The molecule has 0 aliphatic heterocycles. The van der Waals surface area contributed by atoms with Gasteiger partial charge in [0.15, 0.2) is 5.78 Å². The minimum Gasteiger partial charge on any atom is -0.481 e. The zero-order chi connectivity index (χ0) is 24.7. The topological polar surface area (TPSA) is 105 Å². The molecule has 34 heavy (non-hydrogen) atoms. The Hall–Kier alpha value is -3.57. The van der Waals surface area contributed by atoms with E-state index in [-0.39, 0.29) is 30.4 Å². The van der Waals surface area contributed by atoms with E-state index in [0.717, 1.165) is 24.1 Å². The van der Waals surface area contributed by atoms with Crippen molar-refractivity contribution < 1.29 is 23.8 Å². The number of rotatable bonds is 12. The lowest BCUT2D eigenvalue weighted by Gasteiger charge is -2.11. The monoisotopic (exact) mass is 465 g/mol. The molecule has 3 rings (SSSR count). The Balaban J connectivity index is 1.71. The number of carbonyl (C=O) groups excluding carboxylic acids is 1. The number of ketones is 1. The fourth-order valence-electron chi connectivity index (χ4n) is 4.13. The number of fused-ring (bicyclic) bond motifs is 1. The summed E-state index contributed by atoms with van der Waals surface area (Å²) in [6.07, 6.45) is 3.60.